The highest BCUT2D eigenvalue weighted by Crippen LogP contribution is 2.38. The first-order valence-electron chi connectivity index (χ1n) is 9.36. The molecule has 1 heterocycles. The minimum Gasteiger partial charge on any atom is -0.493 e. The Morgan fingerprint density at radius 3 is 2.03 bits per heavy atom. The molecule has 0 radical (unpaired) electrons. The molecule has 9 heteroatoms. The van der Waals surface area contributed by atoms with E-state index in [1.807, 2.05) is 0 Å². The molecule has 160 valence electrons. The molecule has 0 atom stereocenters. The van der Waals surface area contributed by atoms with Gasteiger partial charge in [0.25, 0.3) is 5.91 Å². The average molecular weight is 409 g/mol. The van der Waals surface area contributed by atoms with Crippen LogP contribution in [0.1, 0.15) is 30.1 Å². The summed E-state index contributed by atoms with van der Waals surface area (Å²) in [5.41, 5.74) is 0.174. The highest BCUT2D eigenvalue weighted by atomic mass is 16.5. The molecule has 1 aliphatic rings. The lowest BCUT2D eigenvalue weighted by Crippen LogP contribution is -2.42. The molecule has 1 saturated heterocycles. The number of carbonyl (C=O) groups is 3. The number of likely N-dealkylation sites (tertiary alicyclic amines) is 1. The van der Waals surface area contributed by atoms with Crippen LogP contribution < -0.4 is 14.2 Å². The van der Waals surface area contributed by atoms with Gasteiger partial charge in [-0.2, -0.15) is 0 Å². The highest BCUT2D eigenvalue weighted by Gasteiger charge is 2.28. The summed E-state index contributed by atoms with van der Waals surface area (Å²) in [5, 5.41) is 0. The van der Waals surface area contributed by atoms with Crippen molar-refractivity contribution >= 4 is 17.8 Å². The number of carbonyl (C=O) groups excluding carboxylic acids is 3. The molecule has 1 fully saturated rings. The van der Waals surface area contributed by atoms with E-state index >= 15 is 0 Å². The molecular weight excluding hydrogens is 382 g/mol. The Morgan fingerprint density at radius 1 is 0.966 bits per heavy atom. The minimum atomic E-state index is -0.681. The number of rotatable bonds is 8. The van der Waals surface area contributed by atoms with Gasteiger partial charge in [0.05, 0.1) is 39.4 Å². The Kier molecular flexibility index (Phi) is 8.11. The number of hydrogen-bond donors (Lipinski definition) is 0. The maximum atomic E-state index is 12.4. The Balaban J connectivity index is 1.92. The van der Waals surface area contributed by atoms with Crippen LogP contribution in [0, 0.1) is 5.92 Å². The largest absolute Gasteiger partial charge is 0.493 e. The quantitative estimate of drug-likeness (QED) is 0.598. The maximum absolute atomic E-state index is 12.4. The highest BCUT2D eigenvalue weighted by molar-refractivity contribution is 5.93. The second-order valence-electron chi connectivity index (χ2n) is 6.40. The van der Waals surface area contributed by atoms with Crippen LogP contribution in [0.4, 0.5) is 0 Å². The third-order valence-electron chi connectivity index (χ3n) is 4.69. The number of amides is 1. The van der Waals surface area contributed by atoms with Crippen molar-refractivity contribution in [2.45, 2.75) is 19.8 Å². The monoisotopic (exact) mass is 409 g/mol. The molecule has 2 rings (SSSR count). The molecule has 0 bridgehead atoms. The van der Waals surface area contributed by atoms with Crippen LogP contribution in [-0.2, 0) is 19.1 Å². The van der Waals surface area contributed by atoms with Crippen LogP contribution in [0.15, 0.2) is 12.1 Å². The molecule has 1 aromatic rings. The van der Waals surface area contributed by atoms with Gasteiger partial charge in [-0.15, -0.1) is 0 Å². The number of methoxy groups -OCH3 is 3. The van der Waals surface area contributed by atoms with E-state index < -0.39 is 5.97 Å². The van der Waals surface area contributed by atoms with Gasteiger partial charge in [-0.1, -0.05) is 0 Å². The number of nitrogens with zero attached hydrogens (tertiary/aromatic N) is 1. The molecule has 1 aromatic carbocycles. The molecule has 1 aliphatic heterocycles. The molecule has 9 nitrogen and oxygen atoms in total. The van der Waals surface area contributed by atoms with Gasteiger partial charge in [-0.3, -0.25) is 9.59 Å². The van der Waals surface area contributed by atoms with Gasteiger partial charge in [0.2, 0.25) is 5.75 Å². The molecule has 29 heavy (non-hydrogen) atoms. The van der Waals surface area contributed by atoms with Gasteiger partial charge in [-0.05, 0) is 31.9 Å². The molecule has 1 amide bonds. The van der Waals surface area contributed by atoms with Gasteiger partial charge >= 0.3 is 11.9 Å². The van der Waals surface area contributed by atoms with E-state index in [1.165, 1.54) is 33.5 Å². The summed E-state index contributed by atoms with van der Waals surface area (Å²) < 4.78 is 25.8. The van der Waals surface area contributed by atoms with Crippen LogP contribution in [0.5, 0.6) is 17.2 Å². The summed E-state index contributed by atoms with van der Waals surface area (Å²) in [6, 6.07) is 2.91. The van der Waals surface area contributed by atoms with Crippen LogP contribution >= 0.6 is 0 Å². The van der Waals surface area contributed by atoms with Crippen molar-refractivity contribution in [1.82, 2.24) is 4.90 Å². The summed E-state index contributed by atoms with van der Waals surface area (Å²) >= 11 is 0. The molecule has 0 saturated carbocycles. The van der Waals surface area contributed by atoms with Crippen molar-refractivity contribution in [3.63, 3.8) is 0 Å². The standard InChI is InChI=1S/C20H27NO8/c1-5-28-19(23)13-6-8-21(9-7-13)17(22)12-29-20(24)14-10-15(25-2)18(27-4)16(11-14)26-3/h10-11,13H,5-9,12H2,1-4H3. The van der Waals surface area contributed by atoms with E-state index in [4.69, 9.17) is 23.7 Å². The third kappa shape index (κ3) is 5.52. The number of ether oxygens (including phenoxy) is 5. The molecule has 0 aromatic heterocycles. The smallest absolute Gasteiger partial charge is 0.338 e. The van der Waals surface area contributed by atoms with Gasteiger partial charge < -0.3 is 28.6 Å². The normalized spacial score (nSPS) is 14.1. The van der Waals surface area contributed by atoms with Crippen molar-refractivity contribution in [2.24, 2.45) is 5.92 Å². The van der Waals surface area contributed by atoms with Crippen LogP contribution in [-0.4, -0.2) is 70.4 Å². The van der Waals surface area contributed by atoms with Crippen LogP contribution in [0.2, 0.25) is 0 Å². The summed E-state index contributed by atoms with van der Waals surface area (Å²) in [5.74, 6) is -0.439. The van der Waals surface area contributed by atoms with Crippen molar-refractivity contribution in [3.8, 4) is 17.2 Å². The van der Waals surface area contributed by atoms with E-state index in [0.29, 0.717) is 49.8 Å². The minimum absolute atomic E-state index is 0.174. The van der Waals surface area contributed by atoms with Crippen molar-refractivity contribution in [2.75, 3.05) is 47.6 Å². The van der Waals surface area contributed by atoms with E-state index in [1.54, 1.807) is 11.8 Å². The molecular formula is C20H27NO8. The SMILES string of the molecule is CCOC(=O)C1CCN(C(=O)COC(=O)c2cc(OC)c(OC)c(OC)c2)CC1. The van der Waals surface area contributed by atoms with Crippen molar-refractivity contribution in [3.05, 3.63) is 17.7 Å². The van der Waals surface area contributed by atoms with Gasteiger partial charge in [0.1, 0.15) is 0 Å². The topological polar surface area (TPSA) is 101 Å². The van der Waals surface area contributed by atoms with Crippen molar-refractivity contribution < 1.29 is 38.1 Å². The second kappa shape index (κ2) is 10.5. The van der Waals surface area contributed by atoms with Crippen molar-refractivity contribution in [1.29, 1.82) is 0 Å². The van der Waals surface area contributed by atoms with Crippen LogP contribution in [0.25, 0.3) is 0 Å². The molecule has 0 aliphatic carbocycles. The van der Waals surface area contributed by atoms with E-state index in [-0.39, 0.29) is 30.0 Å². The molecule has 0 unspecified atom stereocenters. The fourth-order valence-electron chi connectivity index (χ4n) is 3.13. The first kappa shape index (κ1) is 22.3. The lowest BCUT2D eigenvalue weighted by atomic mass is 9.97. The maximum Gasteiger partial charge on any atom is 0.338 e. The Labute approximate surface area is 169 Å². The number of esters is 2. The average Bonchev–Trinajstić information content (AvgIpc) is 2.76. The summed E-state index contributed by atoms with van der Waals surface area (Å²) in [7, 11) is 4.34. The van der Waals surface area contributed by atoms with Gasteiger partial charge in [-0.25, -0.2) is 4.79 Å². The second-order valence-corrected chi connectivity index (χ2v) is 6.40. The lowest BCUT2D eigenvalue weighted by molar-refractivity contribution is -0.151. The fraction of sp³-hybridized carbons (Fsp3) is 0.550. The van der Waals surface area contributed by atoms with E-state index in [9.17, 15) is 14.4 Å². The number of benzene rings is 1. The molecule has 0 N–H and O–H groups in total. The summed E-state index contributed by atoms with van der Waals surface area (Å²) in [6.07, 6.45) is 1.07. The molecule has 0 spiro atoms. The fourth-order valence-corrected chi connectivity index (χ4v) is 3.13. The van der Waals surface area contributed by atoms with Crippen LogP contribution in [0.3, 0.4) is 0 Å². The summed E-state index contributed by atoms with van der Waals surface area (Å²) in [4.78, 5) is 38.1. The number of hydrogen-bond acceptors (Lipinski definition) is 8. The Morgan fingerprint density at radius 2 is 1.55 bits per heavy atom. The Hall–Kier alpha value is -2.97. The predicted molar refractivity (Wildman–Crippen MR) is 102 cm³/mol. The number of piperidine rings is 1. The van der Waals surface area contributed by atoms with Gasteiger partial charge in [0.15, 0.2) is 18.1 Å². The first-order chi connectivity index (χ1) is 13.9. The zero-order chi connectivity index (χ0) is 21.4. The first-order valence-corrected chi connectivity index (χ1v) is 9.36. The third-order valence-corrected chi connectivity index (χ3v) is 4.69. The lowest BCUT2D eigenvalue weighted by Gasteiger charge is -2.30. The predicted octanol–water partition coefficient (Wildman–Crippen LogP) is 1.67. The van der Waals surface area contributed by atoms with E-state index in [0.717, 1.165) is 0 Å². The zero-order valence-corrected chi connectivity index (χ0v) is 17.2. The summed E-state index contributed by atoms with van der Waals surface area (Å²) in [6.45, 7) is 2.56. The Bertz CT molecular complexity index is 715. The zero-order valence-electron chi connectivity index (χ0n) is 17.2. The van der Waals surface area contributed by atoms with Gasteiger partial charge in [0, 0.05) is 13.1 Å². The van der Waals surface area contributed by atoms with E-state index in [2.05, 4.69) is 0 Å².